The largest absolute Gasteiger partial charge is 0.491 e. The van der Waals surface area contributed by atoms with E-state index in [1.165, 1.54) is 23.2 Å². The normalized spacial score (nSPS) is 12.5. The topological polar surface area (TPSA) is 117 Å². The van der Waals surface area contributed by atoms with Gasteiger partial charge < -0.3 is 20.1 Å². The Morgan fingerprint density at radius 3 is 2.69 bits per heavy atom. The smallest absolute Gasteiger partial charge is 0.332 e. The minimum absolute atomic E-state index is 0.0155. The highest BCUT2D eigenvalue weighted by Crippen LogP contribution is 2.15. The first-order valence-electron chi connectivity index (χ1n) is 8.09. The zero-order chi connectivity index (χ0) is 19.0. The molecule has 0 aliphatic heterocycles. The van der Waals surface area contributed by atoms with Gasteiger partial charge in [0.1, 0.15) is 18.5 Å². The van der Waals surface area contributed by atoms with Crippen LogP contribution < -0.4 is 21.7 Å². The second-order valence-corrected chi connectivity index (χ2v) is 6.24. The van der Waals surface area contributed by atoms with Gasteiger partial charge in [-0.2, -0.15) is 4.98 Å². The Morgan fingerprint density at radius 1 is 1.27 bits per heavy atom. The van der Waals surface area contributed by atoms with Crippen molar-refractivity contribution in [2.75, 3.05) is 12.3 Å². The third kappa shape index (κ3) is 3.08. The minimum atomic E-state index is -0.919. The number of nitrogens with two attached hydrogens (primary N) is 1. The molecule has 3 aromatic rings. The number of fused-ring (bicyclic) bond motifs is 1. The first kappa shape index (κ1) is 17.7. The Labute approximate surface area is 148 Å². The van der Waals surface area contributed by atoms with E-state index in [0.29, 0.717) is 5.75 Å². The molecule has 1 atom stereocenters. The molecule has 3 rings (SSSR count). The summed E-state index contributed by atoms with van der Waals surface area (Å²) >= 11 is 0. The third-order valence-electron chi connectivity index (χ3n) is 4.20. The average Bonchev–Trinajstić information content (AvgIpc) is 2.93. The van der Waals surface area contributed by atoms with E-state index in [9.17, 15) is 14.7 Å². The fraction of sp³-hybridized carbons (Fsp3) is 0.353. The molecule has 0 spiro atoms. The summed E-state index contributed by atoms with van der Waals surface area (Å²) in [6.45, 7) is 1.98. The first-order valence-corrected chi connectivity index (χ1v) is 8.09. The molecule has 0 aliphatic rings. The molecule has 0 fully saturated rings. The van der Waals surface area contributed by atoms with Crippen LogP contribution >= 0.6 is 0 Å². The van der Waals surface area contributed by atoms with Crippen LogP contribution in [0.3, 0.4) is 0 Å². The van der Waals surface area contributed by atoms with Crippen molar-refractivity contribution in [3.8, 4) is 5.75 Å². The summed E-state index contributed by atoms with van der Waals surface area (Å²) in [4.78, 5) is 28.6. The number of imidazole rings is 1. The molecule has 2 aromatic heterocycles. The molecule has 1 aromatic carbocycles. The van der Waals surface area contributed by atoms with E-state index in [1.54, 1.807) is 6.07 Å². The van der Waals surface area contributed by atoms with Crippen LogP contribution in [-0.4, -0.2) is 36.5 Å². The summed E-state index contributed by atoms with van der Waals surface area (Å²) in [5, 5.41) is 10.3. The number of nitrogens with zero attached hydrogens (tertiary/aromatic N) is 4. The van der Waals surface area contributed by atoms with Gasteiger partial charge in [-0.15, -0.1) is 0 Å². The summed E-state index contributed by atoms with van der Waals surface area (Å²) in [5.74, 6) is 0.693. The molecule has 0 aliphatic carbocycles. The van der Waals surface area contributed by atoms with Gasteiger partial charge in [0.05, 0.1) is 6.54 Å². The van der Waals surface area contributed by atoms with Gasteiger partial charge in [0, 0.05) is 14.1 Å². The van der Waals surface area contributed by atoms with Gasteiger partial charge in [-0.1, -0.05) is 12.1 Å². The highest BCUT2D eigenvalue weighted by molar-refractivity contribution is 5.73. The van der Waals surface area contributed by atoms with Crippen LogP contribution in [0.4, 0.5) is 5.95 Å². The number of nitrogen functional groups attached to an aromatic ring is 1. The lowest BCUT2D eigenvalue weighted by atomic mass is 10.2. The maximum atomic E-state index is 12.5. The second kappa shape index (κ2) is 6.68. The summed E-state index contributed by atoms with van der Waals surface area (Å²) in [7, 11) is 2.90. The third-order valence-corrected chi connectivity index (χ3v) is 4.20. The summed E-state index contributed by atoms with van der Waals surface area (Å²) < 4.78 is 9.22. The van der Waals surface area contributed by atoms with Crippen molar-refractivity contribution in [3.05, 3.63) is 50.7 Å². The van der Waals surface area contributed by atoms with Gasteiger partial charge in [0.25, 0.3) is 5.56 Å². The number of hydrogen-bond acceptors (Lipinski definition) is 6. The second-order valence-electron chi connectivity index (χ2n) is 6.24. The van der Waals surface area contributed by atoms with Crippen molar-refractivity contribution in [1.82, 2.24) is 18.7 Å². The van der Waals surface area contributed by atoms with E-state index >= 15 is 0 Å². The van der Waals surface area contributed by atoms with Crippen molar-refractivity contribution < 1.29 is 9.84 Å². The van der Waals surface area contributed by atoms with Crippen LogP contribution in [0.25, 0.3) is 11.2 Å². The standard InChI is InChI=1S/C17H21N5O4/c1-10-5-4-6-12(7-10)26-9-11(23)8-22-13-14(19-16(22)18)20(2)17(25)21(3)15(13)24/h4-7,11,23H,8-9H2,1-3H3,(H2,18,19)/t11-/m1/s1. The molecule has 0 amide bonds. The average molecular weight is 359 g/mol. The Hall–Kier alpha value is -3.07. The molecule has 0 radical (unpaired) electrons. The van der Waals surface area contributed by atoms with Crippen LogP contribution in [0.15, 0.2) is 33.9 Å². The van der Waals surface area contributed by atoms with Gasteiger partial charge in [0.15, 0.2) is 11.2 Å². The molecule has 0 bridgehead atoms. The quantitative estimate of drug-likeness (QED) is 0.649. The Balaban J connectivity index is 1.88. The lowest BCUT2D eigenvalue weighted by Gasteiger charge is -2.14. The van der Waals surface area contributed by atoms with Crippen molar-refractivity contribution in [3.63, 3.8) is 0 Å². The van der Waals surface area contributed by atoms with Crippen LogP contribution in [-0.2, 0) is 20.6 Å². The van der Waals surface area contributed by atoms with E-state index < -0.39 is 17.4 Å². The van der Waals surface area contributed by atoms with E-state index in [1.807, 2.05) is 25.1 Å². The first-order chi connectivity index (χ1) is 12.3. The molecule has 0 unspecified atom stereocenters. The van der Waals surface area contributed by atoms with Crippen molar-refractivity contribution >= 4 is 17.1 Å². The maximum Gasteiger partial charge on any atom is 0.332 e. The zero-order valence-corrected chi connectivity index (χ0v) is 14.8. The molecule has 26 heavy (non-hydrogen) atoms. The molecule has 9 nitrogen and oxygen atoms in total. The molecule has 0 saturated carbocycles. The number of aliphatic hydroxyl groups is 1. The summed E-state index contributed by atoms with van der Waals surface area (Å²) in [5.41, 5.74) is 6.30. The Kier molecular flexibility index (Phi) is 4.56. The number of aryl methyl sites for hydroxylation is 2. The number of aliphatic hydroxyl groups excluding tert-OH is 1. The molecule has 2 heterocycles. The summed E-state index contributed by atoms with van der Waals surface area (Å²) in [6.07, 6.45) is -0.919. The molecular formula is C17H21N5O4. The minimum Gasteiger partial charge on any atom is -0.491 e. The fourth-order valence-electron chi connectivity index (χ4n) is 2.81. The number of rotatable bonds is 5. The number of aromatic nitrogens is 4. The monoisotopic (exact) mass is 359 g/mol. The summed E-state index contributed by atoms with van der Waals surface area (Å²) in [6, 6.07) is 7.47. The van der Waals surface area contributed by atoms with Gasteiger partial charge in [-0.05, 0) is 24.6 Å². The van der Waals surface area contributed by atoms with Crippen LogP contribution in [0.2, 0.25) is 0 Å². The van der Waals surface area contributed by atoms with Crippen LogP contribution in [0.1, 0.15) is 5.56 Å². The van der Waals surface area contributed by atoms with Gasteiger partial charge >= 0.3 is 5.69 Å². The highest BCUT2D eigenvalue weighted by atomic mass is 16.5. The predicted octanol–water partition coefficient (Wildman–Crippen LogP) is -0.236. The molecule has 3 N–H and O–H groups in total. The maximum absolute atomic E-state index is 12.5. The molecule has 9 heteroatoms. The van der Waals surface area contributed by atoms with Crippen LogP contribution in [0, 0.1) is 6.92 Å². The van der Waals surface area contributed by atoms with E-state index in [4.69, 9.17) is 10.5 Å². The van der Waals surface area contributed by atoms with Crippen molar-refractivity contribution in [2.45, 2.75) is 19.6 Å². The molecule has 0 saturated heterocycles. The SMILES string of the molecule is Cc1cccc(OC[C@H](O)Cn2c(N)nc3c2c(=O)n(C)c(=O)n3C)c1. The molecule has 138 valence electrons. The van der Waals surface area contributed by atoms with E-state index in [2.05, 4.69) is 4.98 Å². The van der Waals surface area contributed by atoms with Gasteiger partial charge in [-0.3, -0.25) is 13.9 Å². The molecular weight excluding hydrogens is 338 g/mol. The number of hydrogen-bond donors (Lipinski definition) is 2. The van der Waals surface area contributed by atoms with E-state index in [-0.39, 0.29) is 30.3 Å². The lowest BCUT2D eigenvalue weighted by Crippen LogP contribution is -2.38. The fourth-order valence-corrected chi connectivity index (χ4v) is 2.81. The predicted molar refractivity (Wildman–Crippen MR) is 97.3 cm³/mol. The number of ether oxygens (including phenoxy) is 1. The van der Waals surface area contributed by atoms with E-state index in [0.717, 1.165) is 10.1 Å². The Morgan fingerprint density at radius 2 is 2.00 bits per heavy atom. The van der Waals surface area contributed by atoms with Gasteiger partial charge in [0.2, 0.25) is 5.95 Å². The highest BCUT2D eigenvalue weighted by Gasteiger charge is 2.19. The van der Waals surface area contributed by atoms with Gasteiger partial charge in [-0.25, -0.2) is 4.79 Å². The van der Waals surface area contributed by atoms with Crippen molar-refractivity contribution in [1.29, 1.82) is 0 Å². The zero-order valence-electron chi connectivity index (χ0n) is 14.8. The number of benzene rings is 1. The van der Waals surface area contributed by atoms with Crippen LogP contribution in [0.5, 0.6) is 5.75 Å². The van der Waals surface area contributed by atoms with Crippen molar-refractivity contribution in [2.24, 2.45) is 14.1 Å². The number of anilines is 1. The lowest BCUT2D eigenvalue weighted by molar-refractivity contribution is 0.0938. The Bertz CT molecular complexity index is 1080.